The van der Waals surface area contributed by atoms with Gasteiger partial charge in [-0.15, -0.1) is 15.3 Å². The van der Waals surface area contributed by atoms with Gasteiger partial charge in [0, 0.05) is 23.1 Å². The van der Waals surface area contributed by atoms with Gasteiger partial charge in [0.15, 0.2) is 11.5 Å². The maximum absolute atomic E-state index is 12.1. The summed E-state index contributed by atoms with van der Waals surface area (Å²) in [5.74, 6) is 1.35. The van der Waals surface area contributed by atoms with Crippen molar-refractivity contribution in [3.8, 4) is 0 Å². The van der Waals surface area contributed by atoms with Gasteiger partial charge in [-0.25, -0.2) is 0 Å². The number of benzene rings is 1. The van der Waals surface area contributed by atoms with Crippen LogP contribution >= 0.6 is 15.9 Å². The normalized spacial score (nSPS) is 10.8. The van der Waals surface area contributed by atoms with Crippen LogP contribution in [0.5, 0.6) is 0 Å². The van der Waals surface area contributed by atoms with E-state index in [4.69, 9.17) is 0 Å². The molecule has 124 valence electrons. The molecule has 2 heterocycles. The molecule has 0 spiro atoms. The topological polar surface area (TPSA) is 84.2 Å². The highest BCUT2D eigenvalue weighted by molar-refractivity contribution is 9.10. The molecule has 0 aliphatic carbocycles. The zero-order valence-corrected chi connectivity index (χ0v) is 15.0. The van der Waals surface area contributed by atoms with Crippen molar-refractivity contribution in [2.75, 3.05) is 17.2 Å². The molecule has 0 unspecified atom stereocenters. The van der Waals surface area contributed by atoms with Crippen molar-refractivity contribution >= 4 is 39.0 Å². The number of fused-ring (bicyclic) bond motifs is 1. The molecule has 3 aromatic rings. The van der Waals surface area contributed by atoms with Gasteiger partial charge in [-0.3, -0.25) is 4.79 Å². The second kappa shape index (κ2) is 6.96. The van der Waals surface area contributed by atoms with Gasteiger partial charge in [-0.1, -0.05) is 15.9 Å². The minimum Gasteiger partial charge on any atom is -0.368 e. The van der Waals surface area contributed by atoms with Gasteiger partial charge >= 0.3 is 0 Å². The summed E-state index contributed by atoms with van der Waals surface area (Å²) in [4.78, 5) is 12.1. The number of amides is 1. The Balaban J connectivity index is 1.55. The average Bonchev–Trinajstić information content (AvgIpc) is 2.91. The molecule has 1 amide bonds. The van der Waals surface area contributed by atoms with Gasteiger partial charge in [-0.05, 0) is 49.7 Å². The molecule has 0 fully saturated rings. The third-order valence-corrected chi connectivity index (χ3v) is 4.03. The molecule has 3 rings (SSSR count). The van der Waals surface area contributed by atoms with Crippen LogP contribution in [0, 0.1) is 13.8 Å². The first kappa shape index (κ1) is 16.4. The molecule has 0 aliphatic heterocycles. The van der Waals surface area contributed by atoms with E-state index in [0.717, 1.165) is 21.5 Å². The van der Waals surface area contributed by atoms with Gasteiger partial charge in [0.1, 0.15) is 5.82 Å². The van der Waals surface area contributed by atoms with Crippen LogP contribution in [0.1, 0.15) is 17.8 Å². The number of hydrogen-bond acceptors (Lipinski definition) is 5. The molecule has 0 atom stereocenters. The summed E-state index contributed by atoms with van der Waals surface area (Å²) in [6.07, 6.45) is 0.344. The van der Waals surface area contributed by atoms with Crippen molar-refractivity contribution in [3.63, 3.8) is 0 Å². The second-order valence-electron chi connectivity index (χ2n) is 5.42. The summed E-state index contributed by atoms with van der Waals surface area (Å²) in [5.41, 5.74) is 2.53. The Hall–Kier alpha value is -2.48. The number of nitrogens with one attached hydrogen (secondary N) is 2. The van der Waals surface area contributed by atoms with E-state index < -0.39 is 0 Å². The third-order valence-electron chi connectivity index (χ3n) is 3.54. The van der Waals surface area contributed by atoms with Crippen molar-refractivity contribution in [2.24, 2.45) is 0 Å². The van der Waals surface area contributed by atoms with E-state index in [1.807, 2.05) is 44.2 Å². The van der Waals surface area contributed by atoms with E-state index in [-0.39, 0.29) is 5.91 Å². The lowest BCUT2D eigenvalue weighted by Gasteiger charge is -2.09. The number of aryl methyl sites for hydroxylation is 2. The molecule has 0 saturated heterocycles. The number of anilines is 2. The first-order chi connectivity index (χ1) is 11.5. The number of carbonyl (C=O) groups excluding carboxylic acids is 1. The van der Waals surface area contributed by atoms with Gasteiger partial charge < -0.3 is 10.6 Å². The molecule has 2 N–H and O–H groups in total. The summed E-state index contributed by atoms with van der Waals surface area (Å²) < 4.78 is 2.65. The fourth-order valence-electron chi connectivity index (χ4n) is 2.27. The van der Waals surface area contributed by atoms with Crippen molar-refractivity contribution in [2.45, 2.75) is 20.3 Å². The van der Waals surface area contributed by atoms with Gasteiger partial charge in [0.2, 0.25) is 5.91 Å². The van der Waals surface area contributed by atoms with Crippen molar-refractivity contribution < 1.29 is 4.79 Å². The van der Waals surface area contributed by atoms with Crippen LogP contribution in [0.3, 0.4) is 0 Å². The highest BCUT2D eigenvalue weighted by Crippen LogP contribution is 2.20. The van der Waals surface area contributed by atoms with E-state index in [9.17, 15) is 4.79 Å². The highest BCUT2D eigenvalue weighted by Gasteiger charge is 2.06. The van der Waals surface area contributed by atoms with Crippen LogP contribution in [0.25, 0.3) is 5.65 Å². The lowest BCUT2D eigenvalue weighted by Crippen LogP contribution is -2.17. The number of rotatable bonds is 5. The van der Waals surface area contributed by atoms with E-state index in [2.05, 4.69) is 41.9 Å². The predicted molar refractivity (Wildman–Crippen MR) is 96.1 cm³/mol. The van der Waals surface area contributed by atoms with Crippen LogP contribution in [0.2, 0.25) is 0 Å². The Labute approximate surface area is 147 Å². The molecule has 7 nitrogen and oxygen atoms in total. The Morgan fingerprint density at radius 3 is 2.83 bits per heavy atom. The molecule has 0 radical (unpaired) electrons. The minimum absolute atomic E-state index is 0.0468. The lowest BCUT2D eigenvalue weighted by atomic mass is 10.2. The molecule has 0 bridgehead atoms. The highest BCUT2D eigenvalue weighted by atomic mass is 79.9. The first-order valence-corrected chi connectivity index (χ1v) is 8.31. The van der Waals surface area contributed by atoms with Crippen molar-refractivity contribution in [1.82, 2.24) is 19.8 Å². The van der Waals surface area contributed by atoms with Crippen LogP contribution in [-0.4, -0.2) is 32.3 Å². The van der Waals surface area contributed by atoms with Gasteiger partial charge in [-0.2, -0.15) is 4.52 Å². The molecule has 2 aromatic heterocycles. The summed E-state index contributed by atoms with van der Waals surface area (Å²) in [6, 6.07) is 9.41. The molecule has 24 heavy (non-hydrogen) atoms. The fourth-order valence-corrected chi connectivity index (χ4v) is 2.75. The SMILES string of the molecule is Cc1cc(Br)ccc1NC(=O)CCNc1ccc2nnc(C)n2n1. The number of nitrogens with zero attached hydrogens (tertiary/aromatic N) is 4. The van der Waals surface area contributed by atoms with Crippen molar-refractivity contribution in [1.29, 1.82) is 0 Å². The predicted octanol–water partition coefficient (Wildman–Crippen LogP) is 2.94. The van der Waals surface area contributed by atoms with E-state index in [1.165, 1.54) is 0 Å². The first-order valence-electron chi connectivity index (χ1n) is 7.52. The summed E-state index contributed by atoms with van der Waals surface area (Å²) in [6.45, 7) is 4.28. The van der Waals surface area contributed by atoms with Crippen LogP contribution in [0.4, 0.5) is 11.5 Å². The largest absolute Gasteiger partial charge is 0.368 e. The second-order valence-corrected chi connectivity index (χ2v) is 6.34. The number of aromatic nitrogens is 4. The molecule has 8 heteroatoms. The van der Waals surface area contributed by atoms with Crippen LogP contribution in [0.15, 0.2) is 34.8 Å². The Morgan fingerprint density at radius 1 is 1.21 bits per heavy atom. The molecule has 0 saturated carbocycles. The van der Waals surface area contributed by atoms with E-state index >= 15 is 0 Å². The number of hydrogen-bond donors (Lipinski definition) is 2. The minimum atomic E-state index is -0.0468. The zero-order valence-electron chi connectivity index (χ0n) is 13.4. The number of halogens is 1. The van der Waals surface area contributed by atoms with Gasteiger partial charge in [0.05, 0.1) is 0 Å². The van der Waals surface area contributed by atoms with Gasteiger partial charge in [0.25, 0.3) is 0 Å². The number of carbonyl (C=O) groups is 1. The standard InChI is InChI=1S/C16H17BrN6O/c1-10-9-12(17)3-4-13(10)19-16(24)7-8-18-14-5-6-15-21-20-11(2)23(15)22-14/h3-6,9H,7-8H2,1-2H3,(H,18,22)(H,19,24). The fraction of sp³-hybridized carbons (Fsp3) is 0.250. The van der Waals surface area contributed by atoms with Crippen LogP contribution < -0.4 is 10.6 Å². The molecule has 1 aromatic carbocycles. The summed E-state index contributed by atoms with van der Waals surface area (Å²) >= 11 is 3.41. The quantitative estimate of drug-likeness (QED) is 0.701. The molecular weight excluding hydrogens is 372 g/mol. The summed E-state index contributed by atoms with van der Waals surface area (Å²) in [7, 11) is 0. The zero-order chi connectivity index (χ0) is 17.1. The lowest BCUT2D eigenvalue weighted by molar-refractivity contribution is -0.115. The Kier molecular flexibility index (Phi) is 4.75. The smallest absolute Gasteiger partial charge is 0.226 e. The molecule has 0 aliphatic rings. The van der Waals surface area contributed by atoms with Crippen LogP contribution in [-0.2, 0) is 4.79 Å². The Bertz CT molecular complexity index is 891. The monoisotopic (exact) mass is 388 g/mol. The maximum Gasteiger partial charge on any atom is 0.226 e. The third kappa shape index (κ3) is 3.70. The summed E-state index contributed by atoms with van der Waals surface area (Å²) in [5, 5.41) is 18.4. The van der Waals surface area contributed by atoms with E-state index in [0.29, 0.717) is 24.4 Å². The molecular formula is C16H17BrN6O. The van der Waals surface area contributed by atoms with Crippen molar-refractivity contribution in [3.05, 3.63) is 46.2 Å². The van der Waals surface area contributed by atoms with E-state index in [1.54, 1.807) is 4.52 Å². The Morgan fingerprint density at radius 2 is 2.04 bits per heavy atom. The maximum atomic E-state index is 12.1. The average molecular weight is 389 g/mol.